The highest BCUT2D eigenvalue weighted by atomic mass is 32.1. The van der Waals surface area contributed by atoms with Crippen molar-refractivity contribution in [1.29, 1.82) is 0 Å². The molecule has 2 aliphatic heterocycles. The Morgan fingerprint density at radius 1 is 1.42 bits per heavy atom. The fraction of sp³-hybridized carbons (Fsp3) is 0.692. The van der Waals surface area contributed by atoms with E-state index in [0.29, 0.717) is 13.2 Å². The smallest absolute Gasteiger partial charge is 0.266 e. The summed E-state index contributed by atoms with van der Waals surface area (Å²) in [5, 5.41) is 0. The van der Waals surface area contributed by atoms with Crippen LogP contribution in [0.3, 0.4) is 0 Å². The van der Waals surface area contributed by atoms with Gasteiger partial charge >= 0.3 is 0 Å². The fourth-order valence-electron chi connectivity index (χ4n) is 2.73. The number of carbonyl (C=O) groups is 1. The van der Waals surface area contributed by atoms with Crippen molar-refractivity contribution in [3.63, 3.8) is 0 Å². The molecule has 0 aliphatic carbocycles. The molecule has 104 valence electrons. The van der Waals surface area contributed by atoms with E-state index < -0.39 is 0 Å². The molecule has 19 heavy (non-hydrogen) atoms. The number of aryl methyl sites for hydroxylation is 1. The molecule has 5 nitrogen and oxygen atoms in total. The number of thiazole rings is 1. The molecule has 0 spiro atoms. The van der Waals surface area contributed by atoms with Crippen molar-refractivity contribution in [1.82, 2.24) is 9.88 Å². The molecule has 2 fully saturated rings. The average Bonchev–Trinajstić information content (AvgIpc) is 3.09. The summed E-state index contributed by atoms with van der Waals surface area (Å²) in [6.45, 7) is 3.92. The van der Waals surface area contributed by atoms with Crippen molar-refractivity contribution >= 4 is 17.2 Å². The monoisotopic (exact) mass is 282 g/mol. The second kappa shape index (κ2) is 5.56. The summed E-state index contributed by atoms with van der Waals surface area (Å²) in [5.41, 5.74) is 2.54. The number of piperidine rings is 1. The molecule has 3 rings (SSSR count). The molecule has 2 saturated heterocycles. The number of hydrogen-bond donors (Lipinski definition) is 0. The molecule has 0 N–H and O–H groups in total. The van der Waals surface area contributed by atoms with Crippen molar-refractivity contribution in [2.75, 3.05) is 19.8 Å². The first-order valence-corrected chi connectivity index (χ1v) is 7.59. The lowest BCUT2D eigenvalue weighted by molar-refractivity contribution is -0.100. The Balaban J connectivity index is 1.80. The van der Waals surface area contributed by atoms with E-state index in [4.69, 9.17) is 9.47 Å². The van der Waals surface area contributed by atoms with Gasteiger partial charge in [0.25, 0.3) is 5.91 Å². The van der Waals surface area contributed by atoms with Crippen LogP contribution in [-0.4, -0.2) is 47.9 Å². The Kier molecular flexibility index (Phi) is 3.81. The van der Waals surface area contributed by atoms with E-state index in [1.54, 1.807) is 5.51 Å². The van der Waals surface area contributed by atoms with Crippen LogP contribution in [-0.2, 0) is 9.47 Å². The standard InChI is InChI=1S/C13H18N2O3S/c1-9-11(19-8-14-9)12(16)15-5-3-2-4-10(15)13-17-6-7-18-13/h8,10,13H,2-7H2,1H3. The van der Waals surface area contributed by atoms with Gasteiger partial charge in [-0.25, -0.2) is 4.98 Å². The highest BCUT2D eigenvalue weighted by molar-refractivity contribution is 7.11. The van der Waals surface area contributed by atoms with Crippen molar-refractivity contribution in [3.8, 4) is 0 Å². The molecule has 1 unspecified atom stereocenters. The molecule has 2 aliphatic rings. The maximum atomic E-state index is 12.6. The molecule has 1 atom stereocenters. The minimum atomic E-state index is -0.252. The van der Waals surface area contributed by atoms with Crippen molar-refractivity contribution in [2.24, 2.45) is 0 Å². The molecule has 0 saturated carbocycles. The average molecular weight is 282 g/mol. The van der Waals surface area contributed by atoms with Crippen LogP contribution in [0.15, 0.2) is 5.51 Å². The van der Waals surface area contributed by atoms with Crippen LogP contribution in [0.4, 0.5) is 0 Å². The van der Waals surface area contributed by atoms with Crippen LogP contribution in [0.5, 0.6) is 0 Å². The first kappa shape index (κ1) is 13.0. The third-order valence-corrected chi connectivity index (χ3v) is 4.63. The summed E-state index contributed by atoms with van der Waals surface area (Å²) in [4.78, 5) is 19.5. The van der Waals surface area contributed by atoms with Gasteiger partial charge in [0.2, 0.25) is 0 Å². The SMILES string of the molecule is Cc1ncsc1C(=O)N1CCCCC1C1OCCO1. The molecule has 1 aromatic heterocycles. The van der Waals surface area contributed by atoms with Crippen molar-refractivity contribution in [2.45, 2.75) is 38.5 Å². The van der Waals surface area contributed by atoms with E-state index in [1.807, 2.05) is 11.8 Å². The van der Waals surface area contributed by atoms with Crippen LogP contribution in [0.1, 0.15) is 34.6 Å². The molecule has 6 heteroatoms. The van der Waals surface area contributed by atoms with Gasteiger partial charge in [-0.15, -0.1) is 11.3 Å². The number of ether oxygens (including phenoxy) is 2. The molecule has 0 bridgehead atoms. The summed E-state index contributed by atoms with van der Waals surface area (Å²) in [7, 11) is 0. The summed E-state index contributed by atoms with van der Waals surface area (Å²) in [6, 6.07) is 0.0465. The highest BCUT2D eigenvalue weighted by Crippen LogP contribution is 2.27. The zero-order chi connectivity index (χ0) is 13.2. The molecular weight excluding hydrogens is 264 g/mol. The Morgan fingerprint density at radius 3 is 2.89 bits per heavy atom. The number of rotatable bonds is 2. The maximum absolute atomic E-state index is 12.6. The van der Waals surface area contributed by atoms with Crippen molar-refractivity contribution < 1.29 is 14.3 Å². The zero-order valence-corrected chi connectivity index (χ0v) is 11.8. The number of nitrogens with zero attached hydrogens (tertiary/aromatic N) is 2. The van der Waals surface area contributed by atoms with E-state index in [9.17, 15) is 4.79 Å². The van der Waals surface area contributed by atoms with Gasteiger partial charge < -0.3 is 14.4 Å². The summed E-state index contributed by atoms with van der Waals surface area (Å²) in [5.74, 6) is 0.0730. The number of carbonyl (C=O) groups excluding carboxylic acids is 1. The normalized spacial score (nSPS) is 24.9. The maximum Gasteiger partial charge on any atom is 0.266 e. The lowest BCUT2D eigenvalue weighted by Gasteiger charge is -2.37. The minimum Gasteiger partial charge on any atom is -0.348 e. The Morgan fingerprint density at radius 2 is 2.21 bits per heavy atom. The quantitative estimate of drug-likeness (QED) is 0.830. The van der Waals surface area contributed by atoms with Crippen LogP contribution in [0.2, 0.25) is 0 Å². The van der Waals surface area contributed by atoms with Gasteiger partial charge in [-0.3, -0.25) is 4.79 Å². The lowest BCUT2D eigenvalue weighted by Crippen LogP contribution is -2.50. The van der Waals surface area contributed by atoms with Gasteiger partial charge in [0.15, 0.2) is 6.29 Å². The molecular formula is C13H18N2O3S. The van der Waals surface area contributed by atoms with Gasteiger partial charge in [-0.05, 0) is 26.2 Å². The van der Waals surface area contributed by atoms with Crippen LogP contribution >= 0.6 is 11.3 Å². The number of aromatic nitrogens is 1. The molecule has 1 aromatic rings. The molecule has 0 radical (unpaired) electrons. The minimum absolute atomic E-state index is 0.0465. The Bertz CT molecular complexity index is 456. The second-order valence-electron chi connectivity index (χ2n) is 4.94. The number of amides is 1. The van der Waals surface area contributed by atoms with E-state index in [-0.39, 0.29) is 18.2 Å². The predicted octanol–water partition coefficient (Wildman–Crippen LogP) is 1.82. The Hall–Kier alpha value is -0.980. The summed E-state index contributed by atoms with van der Waals surface area (Å²) >= 11 is 1.41. The first-order valence-electron chi connectivity index (χ1n) is 6.71. The van der Waals surface area contributed by atoms with Gasteiger partial charge in [0, 0.05) is 6.54 Å². The van der Waals surface area contributed by atoms with E-state index in [0.717, 1.165) is 36.4 Å². The van der Waals surface area contributed by atoms with E-state index >= 15 is 0 Å². The van der Waals surface area contributed by atoms with Crippen LogP contribution in [0.25, 0.3) is 0 Å². The molecule has 3 heterocycles. The van der Waals surface area contributed by atoms with Crippen molar-refractivity contribution in [3.05, 3.63) is 16.1 Å². The largest absolute Gasteiger partial charge is 0.348 e. The van der Waals surface area contributed by atoms with Crippen LogP contribution in [0, 0.1) is 6.92 Å². The lowest BCUT2D eigenvalue weighted by atomic mass is 10.0. The topological polar surface area (TPSA) is 51.7 Å². The van der Waals surface area contributed by atoms with E-state index in [2.05, 4.69) is 4.98 Å². The van der Waals surface area contributed by atoms with Crippen LogP contribution < -0.4 is 0 Å². The summed E-state index contributed by atoms with van der Waals surface area (Å²) in [6.07, 6.45) is 2.87. The predicted molar refractivity (Wildman–Crippen MR) is 71.2 cm³/mol. The van der Waals surface area contributed by atoms with Gasteiger partial charge in [-0.2, -0.15) is 0 Å². The fourth-order valence-corrected chi connectivity index (χ4v) is 3.49. The zero-order valence-electron chi connectivity index (χ0n) is 11.0. The first-order chi connectivity index (χ1) is 9.27. The molecule has 0 aromatic carbocycles. The highest BCUT2D eigenvalue weighted by Gasteiger charge is 2.37. The molecule has 1 amide bonds. The van der Waals surface area contributed by atoms with E-state index in [1.165, 1.54) is 11.3 Å². The van der Waals surface area contributed by atoms with Gasteiger partial charge in [-0.1, -0.05) is 0 Å². The number of hydrogen-bond acceptors (Lipinski definition) is 5. The van der Waals surface area contributed by atoms with Gasteiger partial charge in [0.1, 0.15) is 4.88 Å². The summed E-state index contributed by atoms with van der Waals surface area (Å²) < 4.78 is 11.2. The third-order valence-electron chi connectivity index (χ3n) is 3.71. The Labute approximate surface area is 116 Å². The second-order valence-corrected chi connectivity index (χ2v) is 5.79. The number of likely N-dealkylation sites (tertiary alicyclic amines) is 1. The third kappa shape index (κ3) is 2.52. The van der Waals surface area contributed by atoms with Gasteiger partial charge in [0.05, 0.1) is 30.5 Å².